The van der Waals surface area contributed by atoms with E-state index < -0.39 is 5.82 Å². The molecule has 2 heterocycles. The number of benzene rings is 2. The maximum absolute atomic E-state index is 14.5. The van der Waals surface area contributed by atoms with Gasteiger partial charge in [-0.05, 0) is 24.3 Å². The van der Waals surface area contributed by atoms with Crippen molar-refractivity contribution in [1.29, 1.82) is 0 Å². The number of piperazine rings is 1. The number of amides is 2. The van der Waals surface area contributed by atoms with Crippen molar-refractivity contribution in [1.82, 2.24) is 5.32 Å². The van der Waals surface area contributed by atoms with Gasteiger partial charge in [0.2, 0.25) is 5.91 Å². The number of carbonyl (C=O) groups is 2. The third-order valence-electron chi connectivity index (χ3n) is 4.42. The van der Waals surface area contributed by atoms with Gasteiger partial charge in [-0.15, -0.1) is 0 Å². The average Bonchev–Trinajstić information content (AvgIpc) is 2.95. The van der Waals surface area contributed by atoms with Crippen LogP contribution in [0.15, 0.2) is 48.7 Å². The zero-order valence-corrected chi connectivity index (χ0v) is 13.9. The van der Waals surface area contributed by atoms with E-state index in [1.807, 2.05) is 24.3 Å². The Bertz CT molecular complexity index is 926. The van der Waals surface area contributed by atoms with Crippen LogP contribution < -0.4 is 20.9 Å². The Labute approximate surface area is 149 Å². The van der Waals surface area contributed by atoms with E-state index in [1.54, 1.807) is 23.2 Å². The van der Waals surface area contributed by atoms with Crippen LogP contribution in [0.5, 0.6) is 0 Å². The summed E-state index contributed by atoms with van der Waals surface area (Å²) in [4.78, 5) is 25.3. The van der Waals surface area contributed by atoms with E-state index in [9.17, 15) is 14.0 Å². The van der Waals surface area contributed by atoms with Crippen molar-refractivity contribution in [3.63, 3.8) is 0 Å². The molecule has 132 valence electrons. The van der Waals surface area contributed by atoms with Crippen LogP contribution in [-0.2, 0) is 9.59 Å². The lowest BCUT2D eigenvalue weighted by Crippen LogP contribution is -2.48. The summed E-state index contributed by atoms with van der Waals surface area (Å²) in [6.07, 6.45) is 1.57. The van der Waals surface area contributed by atoms with E-state index in [1.165, 1.54) is 6.07 Å². The van der Waals surface area contributed by atoms with Crippen molar-refractivity contribution in [2.75, 3.05) is 35.2 Å². The molecule has 6 nitrogen and oxygen atoms in total. The van der Waals surface area contributed by atoms with Crippen LogP contribution in [0.3, 0.4) is 0 Å². The van der Waals surface area contributed by atoms with Gasteiger partial charge in [0.15, 0.2) is 0 Å². The second kappa shape index (κ2) is 6.51. The molecule has 0 atom stereocenters. The molecule has 7 heteroatoms. The minimum Gasteiger partial charge on any atom is -0.361 e. The number of fused-ring (bicyclic) bond motifs is 1. The van der Waals surface area contributed by atoms with Gasteiger partial charge in [0.25, 0.3) is 5.91 Å². The molecule has 2 aliphatic rings. The predicted molar refractivity (Wildman–Crippen MR) is 98.3 cm³/mol. The highest BCUT2D eigenvalue weighted by molar-refractivity contribution is 6.31. The summed E-state index contributed by atoms with van der Waals surface area (Å²) < 4.78 is 14.5. The second-order valence-corrected chi connectivity index (χ2v) is 6.14. The number of nitrogens with one attached hydrogen (secondary N) is 3. The maximum Gasteiger partial charge on any atom is 0.257 e. The van der Waals surface area contributed by atoms with Crippen LogP contribution in [0.4, 0.5) is 21.5 Å². The molecule has 0 aliphatic carbocycles. The number of rotatable bonds is 3. The Morgan fingerprint density at radius 3 is 2.81 bits per heavy atom. The zero-order chi connectivity index (χ0) is 18.1. The van der Waals surface area contributed by atoms with Gasteiger partial charge in [-0.3, -0.25) is 9.59 Å². The number of anilines is 3. The van der Waals surface area contributed by atoms with Crippen molar-refractivity contribution in [3.8, 4) is 0 Å². The third-order valence-corrected chi connectivity index (χ3v) is 4.42. The van der Waals surface area contributed by atoms with Crippen LogP contribution in [0.2, 0.25) is 0 Å². The van der Waals surface area contributed by atoms with Crippen molar-refractivity contribution >= 4 is 34.4 Å². The summed E-state index contributed by atoms with van der Waals surface area (Å²) >= 11 is 0. The van der Waals surface area contributed by atoms with Gasteiger partial charge in [0, 0.05) is 36.2 Å². The van der Waals surface area contributed by atoms with Gasteiger partial charge in [0.05, 0.1) is 17.8 Å². The monoisotopic (exact) mass is 352 g/mol. The summed E-state index contributed by atoms with van der Waals surface area (Å²) in [5, 5.41) is 8.48. The molecule has 2 amide bonds. The molecule has 1 fully saturated rings. The summed E-state index contributed by atoms with van der Waals surface area (Å²) in [7, 11) is 0. The first-order valence-corrected chi connectivity index (χ1v) is 8.30. The summed E-state index contributed by atoms with van der Waals surface area (Å²) in [6.45, 7) is 1.21. The van der Waals surface area contributed by atoms with Crippen molar-refractivity contribution in [3.05, 3.63) is 60.0 Å². The average molecular weight is 352 g/mol. The first kappa shape index (κ1) is 16.1. The molecule has 0 bridgehead atoms. The van der Waals surface area contributed by atoms with Crippen LogP contribution >= 0.6 is 0 Å². The highest BCUT2D eigenvalue weighted by atomic mass is 19.1. The number of hydrogen-bond acceptors (Lipinski definition) is 4. The molecule has 0 saturated carbocycles. The first-order chi connectivity index (χ1) is 12.6. The fraction of sp³-hybridized carbons (Fsp3) is 0.158. The van der Waals surface area contributed by atoms with E-state index in [0.29, 0.717) is 30.0 Å². The van der Waals surface area contributed by atoms with E-state index in [0.717, 1.165) is 11.3 Å². The van der Waals surface area contributed by atoms with E-state index >= 15 is 0 Å². The Hall–Kier alpha value is -3.35. The maximum atomic E-state index is 14.5. The van der Waals surface area contributed by atoms with Crippen LogP contribution in [0.1, 0.15) is 5.56 Å². The Balaban J connectivity index is 1.54. The van der Waals surface area contributed by atoms with Crippen LogP contribution in [0, 0.1) is 5.82 Å². The molecule has 2 aromatic carbocycles. The van der Waals surface area contributed by atoms with E-state index in [4.69, 9.17) is 0 Å². The normalized spacial score (nSPS) is 17.7. The van der Waals surface area contributed by atoms with Crippen molar-refractivity contribution < 1.29 is 14.0 Å². The molecule has 0 radical (unpaired) electrons. The fourth-order valence-corrected chi connectivity index (χ4v) is 3.14. The lowest BCUT2D eigenvalue weighted by Gasteiger charge is -2.29. The van der Waals surface area contributed by atoms with Gasteiger partial charge in [0.1, 0.15) is 5.82 Å². The topological polar surface area (TPSA) is 73.5 Å². The molecular formula is C19H17FN4O2. The molecule has 4 rings (SSSR count). The minimum atomic E-state index is -0.417. The Morgan fingerprint density at radius 1 is 1.15 bits per heavy atom. The molecule has 26 heavy (non-hydrogen) atoms. The van der Waals surface area contributed by atoms with E-state index in [2.05, 4.69) is 16.0 Å². The van der Waals surface area contributed by atoms with Gasteiger partial charge in [-0.25, -0.2) is 4.39 Å². The molecule has 0 aromatic heterocycles. The smallest absolute Gasteiger partial charge is 0.257 e. The molecule has 2 aliphatic heterocycles. The Kier molecular flexibility index (Phi) is 4.04. The first-order valence-electron chi connectivity index (χ1n) is 8.30. The van der Waals surface area contributed by atoms with Crippen LogP contribution in [-0.4, -0.2) is 31.4 Å². The molecule has 0 unspecified atom stereocenters. The van der Waals surface area contributed by atoms with Crippen molar-refractivity contribution in [2.24, 2.45) is 0 Å². The Morgan fingerprint density at radius 2 is 2.00 bits per heavy atom. The highest BCUT2D eigenvalue weighted by Gasteiger charge is 2.23. The summed E-state index contributed by atoms with van der Waals surface area (Å²) in [6, 6.07) is 12.1. The number of para-hydroxylation sites is 1. The molecule has 2 aromatic rings. The minimum absolute atomic E-state index is 0.117. The summed E-state index contributed by atoms with van der Waals surface area (Å²) in [5.74, 6) is -0.733. The van der Waals surface area contributed by atoms with Gasteiger partial charge >= 0.3 is 0 Å². The molecule has 3 N–H and O–H groups in total. The standard InChI is InChI=1S/C19H17FN4O2/c20-15-9-12(5-6-17(15)24-8-7-21-18(25)11-24)22-10-14-13-3-1-2-4-16(13)23-19(14)26/h1-6,9-10,22H,7-8,11H2,(H,21,25)(H,23,26)/b14-10+. The largest absolute Gasteiger partial charge is 0.361 e. The third kappa shape index (κ3) is 2.99. The van der Waals surface area contributed by atoms with Gasteiger partial charge in [-0.2, -0.15) is 0 Å². The SMILES string of the molecule is O=C1CN(c2ccc(N/C=C3/C(=O)Nc4ccccc43)cc2F)CCN1. The highest BCUT2D eigenvalue weighted by Crippen LogP contribution is 2.31. The number of nitrogens with zero attached hydrogens (tertiary/aromatic N) is 1. The lowest BCUT2D eigenvalue weighted by molar-refractivity contribution is -0.120. The van der Waals surface area contributed by atoms with Gasteiger partial charge < -0.3 is 20.9 Å². The molecule has 1 saturated heterocycles. The van der Waals surface area contributed by atoms with Crippen molar-refractivity contribution in [2.45, 2.75) is 0 Å². The number of halogens is 1. The molecule has 0 spiro atoms. The van der Waals surface area contributed by atoms with Crippen LogP contribution in [0.25, 0.3) is 5.57 Å². The lowest BCUT2D eigenvalue weighted by atomic mass is 10.1. The van der Waals surface area contributed by atoms with Gasteiger partial charge in [-0.1, -0.05) is 18.2 Å². The molecular weight excluding hydrogens is 335 g/mol. The zero-order valence-electron chi connectivity index (χ0n) is 13.9. The summed E-state index contributed by atoms with van der Waals surface area (Å²) in [5.41, 5.74) is 2.98. The number of hydrogen-bond donors (Lipinski definition) is 3. The second-order valence-electron chi connectivity index (χ2n) is 6.14. The number of carbonyl (C=O) groups excluding carboxylic acids is 2. The quantitative estimate of drug-likeness (QED) is 0.740. The van der Waals surface area contributed by atoms with E-state index in [-0.39, 0.29) is 18.4 Å². The predicted octanol–water partition coefficient (Wildman–Crippen LogP) is 2.17. The fourth-order valence-electron chi connectivity index (χ4n) is 3.14.